The van der Waals surface area contributed by atoms with E-state index in [1.165, 1.54) is 0 Å². The van der Waals surface area contributed by atoms with Crippen LogP contribution >= 0.6 is 11.6 Å². The highest BCUT2D eigenvalue weighted by Gasteiger charge is 2.19. The maximum atomic E-state index is 9.31. The second-order valence-electron chi connectivity index (χ2n) is 4.94. The molecule has 0 amide bonds. The highest BCUT2D eigenvalue weighted by atomic mass is 35.5. The van der Waals surface area contributed by atoms with E-state index in [2.05, 4.69) is 16.4 Å². The lowest BCUT2D eigenvalue weighted by atomic mass is 10.1. The van der Waals surface area contributed by atoms with Crippen molar-refractivity contribution in [3.8, 4) is 17.3 Å². The fraction of sp³-hybridized carbons (Fsp3) is 0.118. The summed E-state index contributed by atoms with van der Waals surface area (Å²) in [5.41, 5.74) is 2.99. The van der Waals surface area contributed by atoms with Crippen molar-refractivity contribution in [2.45, 2.75) is 13.0 Å². The van der Waals surface area contributed by atoms with E-state index in [0.717, 1.165) is 11.1 Å². The molecule has 0 fully saturated rings. The summed E-state index contributed by atoms with van der Waals surface area (Å²) >= 11 is 5.94. The van der Waals surface area contributed by atoms with Gasteiger partial charge in [-0.25, -0.2) is 4.68 Å². The summed E-state index contributed by atoms with van der Waals surface area (Å²) in [6.45, 7) is 2.03. The van der Waals surface area contributed by atoms with Crippen LogP contribution in [0.15, 0.2) is 54.6 Å². The van der Waals surface area contributed by atoms with Gasteiger partial charge in [0.05, 0.1) is 6.04 Å². The number of rotatable bonds is 3. The zero-order valence-electron chi connectivity index (χ0n) is 11.9. The van der Waals surface area contributed by atoms with Gasteiger partial charge in [0.15, 0.2) is 5.69 Å². The predicted octanol–water partition coefficient (Wildman–Crippen LogP) is 4.08. The zero-order valence-corrected chi connectivity index (χ0v) is 12.7. The van der Waals surface area contributed by atoms with E-state index in [0.29, 0.717) is 16.4 Å². The first kappa shape index (κ1) is 14.3. The molecule has 0 bridgehead atoms. The molecular formula is C17H13ClN4. The number of nitrogens with zero attached hydrogens (tertiary/aromatic N) is 4. The van der Waals surface area contributed by atoms with Crippen LogP contribution in [-0.4, -0.2) is 15.0 Å². The van der Waals surface area contributed by atoms with Crippen LogP contribution in [-0.2, 0) is 0 Å². The average molecular weight is 309 g/mol. The predicted molar refractivity (Wildman–Crippen MR) is 85.4 cm³/mol. The average Bonchev–Trinajstić information content (AvgIpc) is 2.99. The second-order valence-corrected chi connectivity index (χ2v) is 5.37. The topological polar surface area (TPSA) is 54.5 Å². The third kappa shape index (κ3) is 2.59. The number of hydrogen-bond acceptors (Lipinski definition) is 3. The van der Waals surface area contributed by atoms with E-state index in [1.54, 1.807) is 16.8 Å². The molecule has 0 aliphatic carbocycles. The van der Waals surface area contributed by atoms with Gasteiger partial charge in [-0.15, -0.1) is 5.10 Å². The van der Waals surface area contributed by atoms with Crippen molar-refractivity contribution >= 4 is 11.6 Å². The molecule has 1 heterocycles. The molecule has 4 nitrogen and oxygen atoms in total. The van der Waals surface area contributed by atoms with Gasteiger partial charge in [-0.1, -0.05) is 59.3 Å². The molecule has 0 aliphatic rings. The van der Waals surface area contributed by atoms with Gasteiger partial charge >= 0.3 is 0 Å². The van der Waals surface area contributed by atoms with Crippen LogP contribution in [0.5, 0.6) is 0 Å². The lowest BCUT2D eigenvalue weighted by molar-refractivity contribution is 0.548. The summed E-state index contributed by atoms with van der Waals surface area (Å²) in [6.07, 6.45) is 0. The minimum atomic E-state index is -0.0264. The van der Waals surface area contributed by atoms with Crippen molar-refractivity contribution in [3.63, 3.8) is 0 Å². The van der Waals surface area contributed by atoms with Crippen LogP contribution in [0.4, 0.5) is 0 Å². The molecule has 0 aliphatic heterocycles. The summed E-state index contributed by atoms with van der Waals surface area (Å²) in [6, 6.07) is 19.4. The maximum absolute atomic E-state index is 9.31. The molecule has 0 radical (unpaired) electrons. The van der Waals surface area contributed by atoms with E-state index >= 15 is 0 Å². The van der Waals surface area contributed by atoms with E-state index in [4.69, 9.17) is 11.6 Å². The maximum Gasteiger partial charge on any atom is 0.190 e. The molecule has 0 N–H and O–H groups in total. The third-order valence-electron chi connectivity index (χ3n) is 3.57. The molecule has 1 unspecified atom stereocenters. The largest absolute Gasteiger partial charge is 0.236 e. The highest BCUT2D eigenvalue weighted by Crippen LogP contribution is 2.28. The molecule has 1 aromatic heterocycles. The zero-order chi connectivity index (χ0) is 15.5. The highest BCUT2D eigenvalue weighted by molar-refractivity contribution is 6.30. The van der Waals surface area contributed by atoms with E-state index in [9.17, 15) is 5.26 Å². The van der Waals surface area contributed by atoms with Crippen LogP contribution < -0.4 is 0 Å². The number of benzene rings is 2. The van der Waals surface area contributed by atoms with E-state index in [-0.39, 0.29) is 6.04 Å². The number of hydrogen-bond donors (Lipinski definition) is 0. The van der Waals surface area contributed by atoms with E-state index in [1.807, 2.05) is 49.4 Å². The molecule has 22 heavy (non-hydrogen) atoms. The van der Waals surface area contributed by atoms with Gasteiger partial charge in [0, 0.05) is 10.6 Å². The Morgan fingerprint density at radius 2 is 1.77 bits per heavy atom. The quantitative estimate of drug-likeness (QED) is 0.732. The number of halogens is 1. The Morgan fingerprint density at radius 3 is 2.41 bits per heavy atom. The molecule has 5 heteroatoms. The Labute approximate surface area is 133 Å². The number of aromatic nitrogens is 3. The van der Waals surface area contributed by atoms with Crippen molar-refractivity contribution in [3.05, 3.63) is 70.9 Å². The molecular weight excluding hydrogens is 296 g/mol. The molecule has 0 spiro atoms. The summed E-state index contributed by atoms with van der Waals surface area (Å²) < 4.78 is 1.77. The fourth-order valence-electron chi connectivity index (χ4n) is 2.39. The second kappa shape index (κ2) is 6.00. The Balaban J connectivity index is 2.12. The standard InChI is InChI=1S/C17H13ClN4/c1-12(13-5-3-2-4-6-13)22-17(16(11-19)20-21-22)14-7-9-15(18)10-8-14/h2-10,12H,1H3. The Morgan fingerprint density at radius 1 is 1.09 bits per heavy atom. The molecule has 0 saturated heterocycles. The van der Waals surface area contributed by atoms with Gasteiger partial charge in [0.25, 0.3) is 0 Å². The molecule has 3 aromatic rings. The minimum absolute atomic E-state index is 0.0264. The van der Waals surface area contributed by atoms with Gasteiger partial charge in [-0.2, -0.15) is 5.26 Å². The lowest BCUT2D eigenvalue weighted by Gasteiger charge is -2.15. The van der Waals surface area contributed by atoms with Crippen molar-refractivity contribution < 1.29 is 0 Å². The van der Waals surface area contributed by atoms with Crippen molar-refractivity contribution in [1.29, 1.82) is 5.26 Å². The summed E-state index contributed by atoms with van der Waals surface area (Å²) in [7, 11) is 0. The van der Waals surface area contributed by atoms with Gasteiger partial charge in [-0.3, -0.25) is 0 Å². The summed E-state index contributed by atoms with van der Waals surface area (Å²) in [5.74, 6) is 0. The van der Waals surface area contributed by atoms with Crippen LogP contribution in [0, 0.1) is 11.3 Å². The fourth-order valence-corrected chi connectivity index (χ4v) is 2.52. The van der Waals surface area contributed by atoms with Crippen LogP contribution in [0.2, 0.25) is 5.02 Å². The van der Waals surface area contributed by atoms with Crippen LogP contribution in [0.25, 0.3) is 11.3 Å². The van der Waals surface area contributed by atoms with Gasteiger partial charge in [0.2, 0.25) is 0 Å². The molecule has 0 saturated carbocycles. The van der Waals surface area contributed by atoms with Gasteiger partial charge in [0.1, 0.15) is 11.8 Å². The Kier molecular flexibility index (Phi) is 3.90. The summed E-state index contributed by atoms with van der Waals surface area (Å²) in [5, 5.41) is 18.1. The Bertz CT molecular complexity index is 816. The molecule has 1 atom stereocenters. The first-order valence-corrected chi connectivity index (χ1v) is 7.24. The van der Waals surface area contributed by atoms with Crippen molar-refractivity contribution in [2.75, 3.05) is 0 Å². The molecule has 108 valence electrons. The Hall–Kier alpha value is -2.64. The van der Waals surface area contributed by atoms with Crippen molar-refractivity contribution in [1.82, 2.24) is 15.0 Å². The monoisotopic (exact) mass is 308 g/mol. The minimum Gasteiger partial charge on any atom is -0.236 e. The first-order valence-electron chi connectivity index (χ1n) is 6.87. The molecule has 2 aromatic carbocycles. The van der Waals surface area contributed by atoms with Gasteiger partial charge in [-0.05, 0) is 24.6 Å². The third-order valence-corrected chi connectivity index (χ3v) is 3.82. The lowest BCUT2D eigenvalue weighted by Crippen LogP contribution is -2.10. The SMILES string of the molecule is CC(c1ccccc1)n1nnc(C#N)c1-c1ccc(Cl)cc1. The van der Waals surface area contributed by atoms with Crippen LogP contribution in [0.1, 0.15) is 24.2 Å². The molecule has 3 rings (SSSR count). The smallest absolute Gasteiger partial charge is 0.190 e. The van der Waals surface area contributed by atoms with Crippen molar-refractivity contribution in [2.24, 2.45) is 0 Å². The first-order chi connectivity index (χ1) is 10.7. The van der Waals surface area contributed by atoms with Gasteiger partial charge < -0.3 is 0 Å². The summed E-state index contributed by atoms with van der Waals surface area (Å²) in [4.78, 5) is 0. The van der Waals surface area contributed by atoms with Crippen LogP contribution in [0.3, 0.4) is 0 Å². The van der Waals surface area contributed by atoms with E-state index < -0.39 is 0 Å². The normalized spacial score (nSPS) is 11.9. The number of nitriles is 1.